The van der Waals surface area contributed by atoms with E-state index in [2.05, 4.69) is 27.0 Å². The Kier molecular flexibility index (Phi) is 11.7. The van der Waals surface area contributed by atoms with E-state index >= 15 is 0 Å². The average Bonchev–Trinajstić information content (AvgIpc) is 3.19. The van der Waals surface area contributed by atoms with Gasteiger partial charge in [-0.2, -0.15) is 0 Å². The summed E-state index contributed by atoms with van der Waals surface area (Å²) in [4.78, 5) is 24.6. The maximum absolute atomic E-state index is 11.6. The van der Waals surface area contributed by atoms with Crippen LogP contribution in [0.25, 0.3) is 11.3 Å². The molecule has 0 bridgehead atoms. The number of allylic oxidation sites excluding steroid dienone is 1. The molecule has 0 saturated heterocycles. The number of aryl methyl sites for hydroxylation is 1. The molecule has 0 aliphatic heterocycles. The molecule has 3 rings (SSSR count). The molecule has 3 aromatic rings. The van der Waals surface area contributed by atoms with Gasteiger partial charge in [-0.05, 0) is 50.0 Å². The van der Waals surface area contributed by atoms with E-state index in [0.29, 0.717) is 17.9 Å². The lowest BCUT2D eigenvalue weighted by Gasteiger charge is -2.05. The summed E-state index contributed by atoms with van der Waals surface area (Å²) < 4.78 is 6.69. The van der Waals surface area contributed by atoms with Crippen LogP contribution in [0.1, 0.15) is 49.4 Å². The predicted molar refractivity (Wildman–Crippen MR) is 135 cm³/mol. The molecule has 170 valence electrons. The highest BCUT2D eigenvalue weighted by molar-refractivity contribution is 5.90. The van der Waals surface area contributed by atoms with Gasteiger partial charge in [-0.3, -0.25) is 14.4 Å². The van der Waals surface area contributed by atoms with Crippen LogP contribution in [0.5, 0.6) is 0 Å². The summed E-state index contributed by atoms with van der Waals surface area (Å²) in [5, 5.41) is 3.13. The van der Waals surface area contributed by atoms with Gasteiger partial charge in [-0.1, -0.05) is 39.8 Å². The maximum Gasteiger partial charge on any atom is 0.337 e. The van der Waals surface area contributed by atoms with Crippen LogP contribution in [0.4, 0.5) is 5.69 Å². The Bertz CT molecular complexity index is 1070. The number of fused-ring (bicyclic) bond motifs is 1. The molecule has 0 amide bonds. The van der Waals surface area contributed by atoms with Gasteiger partial charge in [0.15, 0.2) is 0 Å². The normalized spacial score (nSPS) is 10.6. The number of nitrogens with zero attached hydrogens (tertiary/aromatic N) is 4. The second kappa shape index (κ2) is 14.3. The first-order chi connectivity index (χ1) is 15.6. The lowest BCUT2D eigenvalue weighted by atomic mass is 10.2. The van der Waals surface area contributed by atoms with Crippen LogP contribution in [0, 0.1) is 6.92 Å². The summed E-state index contributed by atoms with van der Waals surface area (Å²) >= 11 is 0. The Labute approximate surface area is 190 Å². The number of imidazole rings is 1. The van der Waals surface area contributed by atoms with Gasteiger partial charge in [0, 0.05) is 18.1 Å². The van der Waals surface area contributed by atoms with Crippen LogP contribution >= 0.6 is 0 Å². The van der Waals surface area contributed by atoms with Crippen LogP contribution in [0.15, 0.2) is 64.7 Å². The summed E-state index contributed by atoms with van der Waals surface area (Å²) in [6, 6.07) is 12.9. The largest absolute Gasteiger partial charge is 0.465 e. The van der Waals surface area contributed by atoms with Crippen molar-refractivity contribution in [3.8, 4) is 0 Å². The quantitative estimate of drug-likeness (QED) is 0.383. The maximum atomic E-state index is 11.6. The van der Waals surface area contributed by atoms with Crippen molar-refractivity contribution in [2.75, 3.05) is 19.1 Å². The number of ether oxygens (including phenoxy) is 1. The van der Waals surface area contributed by atoms with E-state index in [0.717, 1.165) is 22.7 Å². The fraction of sp³-hybridized carbons (Fsp3) is 0.280. The molecule has 0 unspecified atom stereocenters. The smallest absolute Gasteiger partial charge is 0.337 e. The summed E-state index contributed by atoms with van der Waals surface area (Å²) in [5.74, 6) is -0.375. The molecule has 32 heavy (non-hydrogen) atoms. The van der Waals surface area contributed by atoms with Gasteiger partial charge in [0.2, 0.25) is 0 Å². The molecule has 0 atom stereocenters. The first-order valence-electron chi connectivity index (χ1n) is 10.7. The third-order valence-electron chi connectivity index (χ3n) is 4.11. The summed E-state index contributed by atoms with van der Waals surface area (Å²) in [6.45, 7) is 13.9. The number of hydrogen-bond acceptors (Lipinski definition) is 6. The van der Waals surface area contributed by atoms with Gasteiger partial charge in [0.05, 0.1) is 29.8 Å². The number of carbonyl (C=O) groups is 1. The van der Waals surface area contributed by atoms with E-state index in [9.17, 15) is 4.79 Å². The molecule has 2 aromatic heterocycles. The molecule has 0 radical (unpaired) electrons. The van der Waals surface area contributed by atoms with Crippen molar-refractivity contribution in [3.63, 3.8) is 0 Å². The zero-order chi connectivity index (χ0) is 23.9. The molecule has 0 fully saturated rings. The molecule has 7 heteroatoms. The second-order valence-electron chi connectivity index (χ2n) is 5.92. The van der Waals surface area contributed by atoms with Crippen LogP contribution in [0.3, 0.4) is 0 Å². The lowest BCUT2D eigenvalue weighted by Crippen LogP contribution is -2.03. The van der Waals surface area contributed by atoms with Crippen LogP contribution in [-0.2, 0) is 4.74 Å². The first kappa shape index (κ1) is 26.3. The third kappa shape index (κ3) is 6.91. The van der Waals surface area contributed by atoms with Crippen molar-refractivity contribution < 1.29 is 9.53 Å². The number of esters is 1. The van der Waals surface area contributed by atoms with Gasteiger partial charge in [0.1, 0.15) is 12.3 Å². The van der Waals surface area contributed by atoms with E-state index < -0.39 is 0 Å². The highest BCUT2D eigenvalue weighted by Gasteiger charge is 2.11. The Morgan fingerprint density at radius 3 is 2.62 bits per heavy atom. The minimum absolute atomic E-state index is 0.345. The van der Waals surface area contributed by atoms with E-state index in [1.54, 1.807) is 30.5 Å². The van der Waals surface area contributed by atoms with Crippen LogP contribution in [0.2, 0.25) is 0 Å². The number of pyridine rings is 1. The minimum atomic E-state index is -0.375. The molecule has 1 N–H and O–H groups in total. The van der Waals surface area contributed by atoms with Crippen molar-refractivity contribution in [2.24, 2.45) is 9.98 Å². The highest BCUT2D eigenvalue weighted by atomic mass is 16.5. The number of carbonyl (C=O) groups excluding carboxylic acids is 1. The Hall–Kier alpha value is -3.74. The molecule has 0 spiro atoms. The fourth-order valence-electron chi connectivity index (χ4n) is 2.82. The van der Waals surface area contributed by atoms with Gasteiger partial charge >= 0.3 is 5.97 Å². The number of nitrogens with one attached hydrogen (secondary N) is 1. The van der Waals surface area contributed by atoms with Gasteiger partial charge in [0.25, 0.3) is 0 Å². The van der Waals surface area contributed by atoms with E-state index in [1.165, 1.54) is 7.11 Å². The zero-order valence-electron chi connectivity index (χ0n) is 19.8. The van der Waals surface area contributed by atoms with Crippen molar-refractivity contribution in [3.05, 3.63) is 71.7 Å². The number of benzene rings is 1. The minimum Gasteiger partial charge on any atom is -0.465 e. The molecule has 0 aliphatic carbocycles. The Balaban J connectivity index is 0.00000121. The van der Waals surface area contributed by atoms with E-state index in [4.69, 9.17) is 4.74 Å². The van der Waals surface area contributed by atoms with Crippen molar-refractivity contribution in [2.45, 2.75) is 34.6 Å². The number of rotatable bonds is 7. The molecular weight excluding hydrogens is 402 g/mol. The van der Waals surface area contributed by atoms with E-state index in [-0.39, 0.29) is 5.97 Å². The number of hydrogen-bond donors (Lipinski definition) is 1. The van der Waals surface area contributed by atoms with Crippen LogP contribution in [-0.4, -0.2) is 42.1 Å². The van der Waals surface area contributed by atoms with Crippen molar-refractivity contribution in [1.82, 2.24) is 9.38 Å². The molecule has 7 nitrogen and oxygen atoms in total. The Morgan fingerprint density at radius 1 is 1.19 bits per heavy atom. The number of methoxy groups -OCH3 is 1. The molecular formula is C25H33N5O2. The summed E-state index contributed by atoms with van der Waals surface area (Å²) in [7, 11) is 1.36. The Morgan fingerprint density at radius 2 is 1.94 bits per heavy atom. The fourth-order valence-corrected chi connectivity index (χ4v) is 2.82. The SMILES string of the molecule is C=N/C(=C\C=N/CNc1cccc(C(=O)OC)c1)c1c(C)nc2ccccn12.CC.CC. The molecule has 0 saturated carbocycles. The molecule has 1 aromatic carbocycles. The lowest BCUT2D eigenvalue weighted by molar-refractivity contribution is 0.0601. The summed E-state index contributed by atoms with van der Waals surface area (Å²) in [6.07, 6.45) is 5.41. The van der Waals surface area contributed by atoms with Gasteiger partial charge < -0.3 is 10.1 Å². The number of aromatic nitrogens is 2. The molecule has 2 heterocycles. The molecule has 0 aliphatic rings. The first-order valence-corrected chi connectivity index (χ1v) is 10.7. The second-order valence-corrected chi connectivity index (χ2v) is 5.92. The number of anilines is 1. The van der Waals surface area contributed by atoms with Gasteiger partial charge in [-0.25, -0.2) is 9.78 Å². The number of aliphatic imine (C=N–C) groups is 2. The van der Waals surface area contributed by atoms with Crippen LogP contribution < -0.4 is 5.32 Å². The van der Waals surface area contributed by atoms with Crippen molar-refractivity contribution in [1.29, 1.82) is 0 Å². The van der Waals surface area contributed by atoms with Crippen molar-refractivity contribution >= 4 is 35.9 Å². The monoisotopic (exact) mass is 435 g/mol. The standard InChI is InChI=1S/C21H21N5O2.2C2H6/c1-15-20(26-12-5-4-9-19(26)25-15)18(22-2)10-11-23-14-24-17-8-6-7-16(13-17)21(27)28-3;2*1-2/h4-13,24H,2,14H2,1,3H3;2*1-2H3/b18-10-,23-11-;;. The summed E-state index contributed by atoms with van der Waals surface area (Å²) in [5.41, 5.74) is 4.56. The average molecular weight is 436 g/mol. The van der Waals surface area contributed by atoms with E-state index in [1.807, 2.05) is 69.5 Å². The topological polar surface area (TPSA) is 80.3 Å². The zero-order valence-corrected chi connectivity index (χ0v) is 19.8. The predicted octanol–water partition coefficient (Wildman–Crippen LogP) is 5.66. The van der Waals surface area contributed by atoms with Gasteiger partial charge in [-0.15, -0.1) is 0 Å². The third-order valence-corrected chi connectivity index (χ3v) is 4.11. The highest BCUT2D eigenvalue weighted by Crippen LogP contribution is 2.21.